The summed E-state index contributed by atoms with van der Waals surface area (Å²) >= 11 is 5.99. The average molecular weight is 325 g/mol. The lowest BCUT2D eigenvalue weighted by molar-refractivity contribution is -0.928. The highest BCUT2D eigenvalue weighted by molar-refractivity contribution is 6.32. The molecule has 0 saturated carbocycles. The second-order valence-corrected chi connectivity index (χ2v) is 6.39. The Hall–Kier alpha value is -1.56. The van der Waals surface area contributed by atoms with Crippen LogP contribution in [-0.2, 0) is 11.3 Å². The molecule has 1 saturated heterocycles. The van der Waals surface area contributed by atoms with Crippen LogP contribution in [0.1, 0.15) is 19.4 Å². The minimum absolute atomic E-state index is 0.0876. The largest absolute Gasteiger partial charge is 0.506 e. The molecule has 2 N–H and O–H groups in total. The number of quaternary nitrogens is 1. The minimum atomic E-state index is -0.419. The fraction of sp³-hybridized carbons (Fsp3) is 0.438. The summed E-state index contributed by atoms with van der Waals surface area (Å²) in [7, 11) is 0. The molecule has 1 aliphatic heterocycles. The van der Waals surface area contributed by atoms with Gasteiger partial charge in [-0.15, -0.1) is 0 Å². The number of aromatic hydroxyl groups is 1. The molecule has 0 unspecified atom stereocenters. The van der Waals surface area contributed by atoms with Crippen molar-refractivity contribution in [1.82, 2.24) is 0 Å². The third-order valence-corrected chi connectivity index (χ3v) is 4.26. The van der Waals surface area contributed by atoms with E-state index in [4.69, 9.17) is 20.8 Å². The van der Waals surface area contributed by atoms with Crippen molar-refractivity contribution >= 4 is 22.6 Å². The summed E-state index contributed by atoms with van der Waals surface area (Å²) in [4.78, 5) is 13.1. The van der Waals surface area contributed by atoms with Crippen LogP contribution < -0.4 is 10.5 Å². The predicted octanol–water partition coefficient (Wildman–Crippen LogP) is 1.34. The SMILES string of the molecule is C[C@@H]1C[NH+](Cc2cc(=O)oc3cc(O)c(Cl)cc23)C[C@@H](C)O1. The Kier molecular flexibility index (Phi) is 4.12. The molecule has 1 fully saturated rings. The number of rotatable bonds is 2. The van der Waals surface area contributed by atoms with Gasteiger partial charge in [0.2, 0.25) is 0 Å². The first-order valence-electron chi connectivity index (χ1n) is 7.36. The molecule has 1 aromatic heterocycles. The molecule has 1 aliphatic rings. The minimum Gasteiger partial charge on any atom is -0.506 e. The Morgan fingerprint density at radius 3 is 2.64 bits per heavy atom. The number of halogens is 1. The van der Waals surface area contributed by atoms with Crippen molar-refractivity contribution in [3.05, 3.63) is 39.2 Å². The van der Waals surface area contributed by atoms with Crippen molar-refractivity contribution in [3.8, 4) is 5.75 Å². The third kappa shape index (κ3) is 3.11. The van der Waals surface area contributed by atoms with E-state index in [1.807, 2.05) is 0 Å². The van der Waals surface area contributed by atoms with Gasteiger partial charge in [-0.25, -0.2) is 4.79 Å². The number of benzene rings is 1. The average Bonchev–Trinajstić information content (AvgIpc) is 2.39. The molecule has 5 nitrogen and oxygen atoms in total. The molecule has 2 atom stereocenters. The topological polar surface area (TPSA) is 64.1 Å². The molecular formula is C16H19ClNO4+. The third-order valence-electron chi connectivity index (χ3n) is 3.95. The van der Waals surface area contributed by atoms with E-state index in [2.05, 4.69) is 13.8 Å². The van der Waals surface area contributed by atoms with Crippen LogP contribution in [0.5, 0.6) is 5.75 Å². The quantitative estimate of drug-likeness (QED) is 0.818. The van der Waals surface area contributed by atoms with Gasteiger partial charge >= 0.3 is 5.63 Å². The number of nitrogens with one attached hydrogen (secondary N) is 1. The van der Waals surface area contributed by atoms with Gasteiger partial charge < -0.3 is 19.2 Å². The molecule has 0 bridgehead atoms. The van der Waals surface area contributed by atoms with Crippen molar-refractivity contribution in [1.29, 1.82) is 0 Å². The lowest BCUT2D eigenvalue weighted by atomic mass is 10.1. The van der Waals surface area contributed by atoms with E-state index in [0.717, 1.165) is 24.0 Å². The van der Waals surface area contributed by atoms with Gasteiger partial charge in [0.1, 0.15) is 43.2 Å². The van der Waals surface area contributed by atoms with Crippen LogP contribution in [0.25, 0.3) is 11.0 Å². The maximum atomic E-state index is 11.8. The number of hydrogen-bond donors (Lipinski definition) is 2. The zero-order valence-electron chi connectivity index (χ0n) is 12.6. The van der Waals surface area contributed by atoms with Crippen LogP contribution in [0.4, 0.5) is 0 Å². The van der Waals surface area contributed by atoms with Gasteiger partial charge in [0, 0.05) is 23.1 Å². The summed E-state index contributed by atoms with van der Waals surface area (Å²) < 4.78 is 10.9. The Balaban J connectivity index is 1.99. The highest BCUT2D eigenvalue weighted by atomic mass is 35.5. The number of phenolic OH excluding ortho intramolecular Hbond substituents is 1. The van der Waals surface area contributed by atoms with Crippen LogP contribution in [-0.4, -0.2) is 30.4 Å². The molecule has 6 heteroatoms. The van der Waals surface area contributed by atoms with Crippen molar-refractivity contribution in [2.75, 3.05) is 13.1 Å². The van der Waals surface area contributed by atoms with Crippen LogP contribution in [0.3, 0.4) is 0 Å². The number of ether oxygens (including phenoxy) is 1. The molecule has 22 heavy (non-hydrogen) atoms. The van der Waals surface area contributed by atoms with Crippen molar-refractivity contribution < 1.29 is 19.2 Å². The Bertz CT molecular complexity index is 748. The molecule has 0 amide bonds. The second kappa shape index (κ2) is 5.91. The number of hydrogen-bond acceptors (Lipinski definition) is 4. The lowest BCUT2D eigenvalue weighted by Gasteiger charge is -2.32. The molecule has 2 heterocycles. The Morgan fingerprint density at radius 2 is 1.95 bits per heavy atom. The number of morpholine rings is 1. The van der Waals surface area contributed by atoms with Gasteiger partial charge in [-0.2, -0.15) is 0 Å². The molecule has 0 spiro atoms. The van der Waals surface area contributed by atoms with E-state index < -0.39 is 5.63 Å². The maximum Gasteiger partial charge on any atom is 0.336 e. The predicted molar refractivity (Wildman–Crippen MR) is 83.6 cm³/mol. The van der Waals surface area contributed by atoms with Gasteiger partial charge in [0.25, 0.3) is 0 Å². The summed E-state index contributed by atoms with van der Waals surface area (Å²) in [5.74, 6) is -0.0876. The summed E-state index contributed by atoms with van der Waals surface area (Å²) in [6.45, 7) is 6.58. The van der Waals surface area contributed by atoms with Gasteiger partial charge in [-0.3, -0.25) is 0 Å². The zero-order valence-corrected chi connectivity index (χ0v) is 13.3. The van der Waals surface area contributed by atoms with E-state index in [9.17, 15) is 9.90 Å². The van der Waals surface area contributed by atoms with Crippen LogP contribution in [0.15, 0.2) is 27.4 Å². The van der Waals surface area contributed by atoms with E-state index in [1.165, 1.54) is 17.0 Å². The summed E-state index contributed by atoms with van der Waals surface area (Å²) in [5.41, 5.74) is 0.820. The van der Waals surface area contributed by atoms with Crippen LogP contribution >= 0.6 is 11.6 Å². The molecule has 0 radical (unpaired) electrons. The summed E-state index contributed by atoms with van der Waals surface area (Å²) in [6.07, 6.45) is 0.385. The van der Waals surface area contributed by atoms with Gasteiger partial charge in [0.05, 0.1) is 5.02 Å². The monoisotopic (exact) mass is 324 g/mol. The first-order chi connectivity index (χ1) is 10.4. The van der Waals surface area contributed by atoms with E-state index in [-0.39, 0.29) is 23.0 Å². The lowest BCUT2D eigenvalue weighted by Crippen LogP contribution is -3.14. The fourth-order valence-corrected chi connectivity index (χ4v) is 3.35. The number of phenols is 1. The van der Waals surface area contributed by atoms with Crippen molar-refractivity contribution in [2.24, 2.45) is 0 Å². The van der Waals surface area contributed by atoms with E-state index >= 15 is 0 Å². The maximum absolute atomic E-state index is 11.8. The Morgan fingerprint density at radius 1 is 1.27 bits per heavy atom. The fourth-order valence-electron chi connectivity index (χ4n) is 3.19. The second-order valence-electron chi connectivity index (χ2n) is 5.98. The smallest absolute Gasteiger partial charge is 0.336 e. The van der Waals surface area contributed by atoms with Crippen LogP contribution in [0.2, 0.25) is 5.02 Å². The first-order valence-corrected chi connectivity index (χ1v) is 7.74. The zero-order chi connectivity index (χ0) is 15.9. The van der Waals surface area contributed by atoms with Gasteiger partial charge in [-0.1, -0.05) is 11.6 Å². The van der Waals surface area contributed by atoms with Crippen molar-refractivity contribution in [3.63, 3.8) is 0 Å². The molecule has 3 rings (SSSR count). The van der Waals surface area contributed by atoms with Crippen LogP contribution in [0, 0.1) is 0 Å². The summed E-state index contributed by atoms with van der Waals surface area (Å²) in [6, 6.07) is 4.55. The molecule has 2 aromatic rings. The molecule has 118 valence electrons. The first kappa shape index (κ1) is 15.3. The molecule has 0 aliphatic carbocycles. The molecular weight excluding hydrogens is 306 g/mol. The van der Waals surface area contributed by atoms with Crippen molar-refractivity contribution in [2.45, 2.75) is 32.6 Å². The highest BCUT2D eigenvalue weighted by Crippen LogP contribution is 2.29. The number of fused-ring (bicyclic) bond motifs is 1. The normalized spacial score (nSPS) is 25.5. The molecule has 1 aromatic carbocycles. The standard InChI is InChI=1S/C16H18ClNO4/c1-9-6-18(7-10(2)21-9)8-11-3-16(20)22-15-5-14(19)13(17)4-12(11)15/h3-5,9-10,19H,6-8H2,1-2H3/p+1/t9-,10-/m1/s1. The Labute approximate surface area is 133 Å². The summed E-state index contributed by atoms with van der Waals surface area (Å²) in [5, 5.41) is 10.7. The highest BCUT2D eigenvalue weighted by Gasteiger charge is 2.26. The van der Waals surface area contributed by atoms with Gasteiger partial charge in [-0.05, 0) is 19.9 Å². The van der Waals surface area contributed by atoms with Gasteiger partial charge in [0.15, 0.2) is 0 Å². The van der Waals surface area contributed by atoms with E-state index in [1.54, 1.807) is 6.07 Å². The van der Waals surface area contributed by atoms with E-state index in [0.29, 0.717) is 12.1 Å².